The standard InChI is InChI=1S/C20H30O15/c1-7(22)29-6-12-15(30-8(2)23)17(31-9(3)24)18(32-10(4)25)20(34-12)35-16-14(27)13(26)11(5-21)33-19(16)28/h11-21,26-28H,5-6H2,1-4H3/t11-,12-,13-,14+,15-,16+,17+,18+,19+,20-/m1/s1. The number of hydrogen-bond acceptors (Lipinski definition) is 15. The fraction of sp³-hybridized carbons (Fsp3) is 0.800. The Kier molecular flexibility index (Phi) is 10.3. The average Bonchev–Trinajstić information content (AvgIpc) is 2.75. The lowest BCUT2D eigenvalue weighted by Crippen LogP contribution is -2.66. The molecule has 4 N–H and O–H groups in total. The molecule has 2 aliphatic rings. The van der Waals surface area contributed by atoms with Crippen LogP contribution in [0.5, 0.6) is 0 Å². The number of rotatable bonds is 8. The zero-order chi connectivity index (χ0) is 26.4. The molecule has 0 radical (unpaired) electrons. The van der Waals surface area contributed by atoms with Crippen molar-refractivity contribution in [2.75, 3.05) is 13.2 Å². The summed E-state index contributed by atoms with van der Waals surface area (Å²) in [4.78, 5) is 46.8. The molecule has 0 bridgehead atoms. The van der Waals surface area contributed by atoms with Gasteiger partial charge in [-0.3, -0.25) is 19.2 Å². The van der Waals surface area contributed by atoms with Crippen LogP contribution in [0.2, 0.25) is 0 Å². The normalized spacial score (nSPS) is 37.1. The van der Waals surface area contributed by atoms with Crippen molar-refractivity contribution in [2.24, 2.45) is 0 Å². The van der Waals surface area contributed by atoms with Crippen LogP contribution in [0.15, 0.2) is 0 Å². The van der Waals surface area contributed by atoms with Crippen LogP contribution in [0.3, 0.4) is 0 Å². The van der Waals surface area contributed by atoms with Gasteiger partial charge in [-0.2, -0.15) is 0 Å². The molecule has 15 nitrogen and oxygen atoms in total. The third kappa shape index (κ3) is 7.54. The summed E-state index contributed by atoms with van der Waals surface area (Å²) in [6.07, 6.45) is -16.0. The Hall–Kier alpha value is -2.40. The van der Waals surface area contributed by atoms with Crippen molar-refractivity contribution < 1.29 is 72.8 Å². The van der Waals surface area contributed by atoms with Gasteiger partial charge in [-0.15, -0.1) is 0 Å². The molecule has 35 heavy (non-hydrogen) atoms. The highest BCUT2D eigenvalue weighted by Crippen LogP contribution is 2.33. The van der Waals surface area contributed by atoms with Crippen LogP contribution in [0.1, 0.15) is 27.7 Å². The summed E-state index contributed by atoms with van der Waals surface area (Å²) in [5, 5.41) is 40.1. The number of aliphatic hydroxyl groups excluding tert-OH is 4. The number of carbonyl (C=O) groups excluding carboxylic acids is 4. The molecule has 2 saturated heterocycles. The Morgan fingerprint density at radius 2 is 1.23 bits per heavy atom. The first-order valence-corrected chi connectivity index (χ1v) is 10.6. The van der Waals surface area contributed by atoms with Gasteiger partial charge in [-0.05, 0) is 0 Å². The molecule has 200 valence electrons. The van der Waals surface area contributed by atoms with Gasteiger partial charge in [0.15, 0.2) is 30.9 Å². The maximum atomic E-state index is 11.8. The monoisotopic (exact) mass is 510 g/mol. The molecule has 0 aromatic heterocycles. The van der Waals surface area contributed by atoms with E-state index in [-0.39, 0.29) is 0 Å². The van der Waals surface area contributed by atoms with Gasteiger partial charge >= 0.3 is 23.9 Å². The fourth-order valence-electron chi connectivity index (χ4n) is 3.67. The summed E-state index contributed by atoms with van der Waals surface area (Å²) < 4.78 is 37.0. The van der Waals surface area contributed by atoms with Crippen molar-refractivity contribution >= 4 is 23.9 Å². The molecule has 10 atom stereocenters. The van der Waals surface area contributed by atoms with Crippen molar-refractivity contribution in [3.8, 4) is 0 Å². The van der Waals surface area contributed by atoms with Gasteiger partial charge in [-0.25, -0.2) is 0 Å². The van der Waals surface area contributed by atoms with E-state index in [9.17, 15) is 39.6 Å². The summed E-state index contributed by atoms with van der Waals surface area (Å²) in [6.45, 7) is 2.99. The summed E-state index contributed by atoms with van der Waals surface area (Å²) in [6, 6.07) is 0. The zero-order valence-electron chi connectivity index (χ0n) is 19.5. The summed E-state index contributed by atoms with van der Waals surface area (Å²) in [7, 11) is 0. The molecule has 2 aliphatic heterocycles. The van der Waals surface area contributed by atoms with Gasteiger partial charge in [0.25, 0.3) is 0 Å². The predicted octanol–water partition coefficient (Wildman–Crippen LogP) is -3.11. The van der Waals surface area contributed by atoms with Gasteiger partial charge < -0.3 is 53.6 Å². The highest BCUT2D eigenvalue weighted by atomic mass is 16.8. The summed E-state index contributed by atoms with van der Waals surface area (Å²) >= 11 is 0. The van der Waals surface area contributed by atoms with Gasteiger partial charge in [-0.1, -0.05) is 0 Å². The van der Waals surface area contributed by atoms with E-state index in [4.69, 9.17) is 33.2 Å². The van der Waals surface area contributed by atoms with Crippen LogP contribution in [-0.4, -0.2) is 119 Å². The summed E-state index contributed by atoms with van der Waals surface area (Å²) in [5.74, 6) is -3.29. The maximum Gasteiger partial charge on any atom is 0.303 e. The minimum Gasteiger partial charge on any atom is -0.463 e. The van der Waals surface area contributed by atoms with E-state index in [0.29, 0.717) is 0 Å². The number of ether oxygens (including phenoxy) is 7. The van der Waals surface area contributed by atoms with Crippen LogP contribution >= 0.6 is 0 Å². The molecule has 0 unspecified atom stereocenters. The Bertz CT molecular complexity index is 772. The minimum atomic E-state index is -1.88. The number of hydrogen-bond donors (Lipinski definition) is 4. The van der Waals surface area contributed by atoms with Crippen molar-refractivity contribution in [3.05, 3.63) is 0 Å². The van der Waals surface area contributed by atoms with E-state index in [1.165, 1.54) is 0 Å². The molecule has 0 saturated carbocycles. The van der Waals surface area contributed by atoms with Crippen molar-refractivity contribution in [1.29, 1.82) is 0 Å². The van der Waals surface area contributed by atoms with Gasteiger partial charge in [0.2, 0.25) is 0 Å². The van der Waals surface area contributed by atoms with E-state index in [1.54, 1.807) is 0 Å². The van der Waals surface area contributed by atoms with Crippen LogP contribution in [0.4, 0.5) is 0 Å². The Balaban J connectivity index is 2.43. The Morgan fingerprint density at radius 3 is 1.74 bits per heavy atom. The minimum absolute atomic E-state index is 0.515. The molecule has 2 heterocycles. The van der Waals surface area contributed by atoms with Crippen molar-refractivity contribution in [3.63, 3.8) is 0 Å². The first kappa shape index (κ1) is 28.8. The number of esters is 4. The average molecular weight is 510 g/mol. The SMILES string of the molecule is CC(=O)OC[C@H]1O[C@H](O[C@H]2[C@@H](O)[C@H](O)[C@@H](CO)O[C@@H]2O)[C@@H](OC(C)=O)[C@@H](OC(C)=O)[C@@H]1OC(C)=O. The smallest absolute Gasteiger partial charge is 0.303 e. The molecule has 0 amide bonds. The summed E-state index contributed by atoms with van der Waals surface area (Å²) in [5.41, 5.74) is 0. The lowest BCUT2D eigenvalue weighted by atomic mass is 9.96. The Labute approximate surface area is 199 Å². The molecule has 2 fully saturated rings. The van der Waals surface area contributed by atoms with Gasteiger partial charge in [0.1, 0.15) is 37.1 Å². The van der Waals surface area contributed by atoms with Crippen LogP contribution in [0.25, 0.3) is 0 Å². The largest absolute Gasteiger partial charge is 0.463 e. The molecular weight excluding hydrogens is 480 g/mol. The van der Waals surface area contributed by atoms with Crippen LogP contribution in [-0.2, 0) is 52.3 Å². The van der Waals surface area contributed by atoms with Gasteiger partial charge in [0, 0.05) is 27.7 Å². The molecule has 15 heteroatoms. The Morgan fingerprint density at radius 1 is 0.686 bits per heavy atom. The van der Waals surface area contributed by atoms with Crippen molar-refractivity contribution in [1.82, 2.24) is 0 Å². The lowest BCUT2D eigenvalue weighted by Gasteiger charge is -2.47. The molecule has 0 aromatic rings. The molecule has 0 spiro atoms. The molecule has 0 aromatic carbocycles. The molecule has 0 aliphatic carbocycles. The van der Waals surface area contributed by atoms with Crippen LogP contribution in [0, 0.1) is 0 Å². The zero-order valence-corrected chi connectivity index (χ0v) is 19.5. The molecular formula is C20H30O15. The van der Waals surface area contributed by atoms with Gasteiger partial charge in [0.05, 0.1) is 6.61 Å². The van der Waals surface area contributed by atoms with E-state index in [0.717, 1.165) is 27.7 Å². The van der Waals surface area contributed by atoms with Crippen LogP contribution < -0.4 is 0 Å². The molecule has 2 rings (SSSR count). The van der Waals surface area contributed by atoms with Crippen molar-refractivity contribution in [2.45, 2.75) is 89.1 Å². The highest BCUT2D eigenvalue weighted by molar-refractivity contribution is 5.68. The number of carbonyl (C=O) groups is 4. The lowest BCUT2D eigenvalue weighted by molar-refractivity contribution is -0.362. The number of aliphatic hydroxyl groups is 4. The van der Waals surface area contributed by atoms with E-state index in [1.807, 2.05) is 0 Å². The first-order valence-electron chi connectivity index (χ1n) is 10.6. The third-order valence-electron chi connectivity index (χ3n) is 5.08. The third-order valence-corrected chi connectivity index (χ3v) is 5.08. The second-order valence-corrected chi connectivity index (χ2v) is 7.90. The fourth-order valence-corrected chi connectivity index (χ4v) is 3.67. The maximum absolute atomic E-state index is 11.8. The van der Waals surface area contributed by atoms with E-state index >= 15 is 0 Å². The van der Waals surface area contributed by atoms with E-state index in [2.05, 4.69) is 0 Å². The quantitative estimate of drug-likeness (QED) is 0.188. The first-order chi connectivity index (χ1) is 16.3. The topological polar surface area (TPSA) is 214 Å². The predicted molar refractivity (Wildman–Crippen MR) is 107 cm³/mol. The second kappa shape index (κ2) is 12.5. The van der Waals surface area contributed by atoms with E-state index < -0.39 is 98.5 Å². The second-order valence-electron chi connectivity index (χ2n) is 7.90. The highest BCUT2D eigenvalue weighted by Gasteiger charge is 2.55.